The molecule has 0 N–H and O–H groups in total. The van der Waals surface area contributed by atoms with Crippen LogP contribution >= 0.6 is 22.3 Å². The molecular formula is C13H15Cl2NO4S. The van der Waals surface area contributed by atoms with Gasteiger partial charge in [0, 0.05) is 28.3 Å². The second-order valence-electron chi connectivity index (χ2n) is 4.91. The second kappa shape index (κ2) is 6.02. The molecule has 1 aliphatic heterocycles. The summed E-state index contributed by atoms with van der Waals surface area (Å²) in [5.74, 6) is -0.376. The summed E-state index contributed by atoms with van der Waals surface area (Å²) in [6.45, 7) is 2.57. The van der Waals surface area contributed by atoms with Crippen molar-refractivity contribution in [1.29, 1.82) is 0 Å². The van der Waals surface area contributed by atoms with E-state index in [1.54, 1.807) is 4.90 Å². The molecule has 1 saturated heterocycles. The molecular weight excluding hydrogens is 337 g/mol. The van der Waals surface area contributed by atoms with Crippen LogP contribution in [0.25, 0.3) is 0 Å². The molecule has 21 heavy (non-hydrogen) atoms. The van der Waals surface area contributed by atoms with Crippen molar-refractivity contribution in [3.8, 4) is 5.75 Å². The van der Waals surface area contributed by atoms with Gasteiger partial charge in [0.25, 0.3) is 15.0 Å². The number of likely N-dealkylation sites (tertiary alicyclic amines) is 1. The molecule has 2 rings (SSSR count). The van der Waals surface area contributed by atoms with Crippen molar-refractivity contribution in [2.45, 2.75) is 30.7 Å². The maximum Gasteiger partial charge on any atom is 0.265 e. The molecule has 8 heteroatoms. The van der Waals surface area contributed by atoms with Crippen LogP contribution in [-0.2, 0) is 9.05 Å². The molecule has 1 aromatic rings. The van der Waals surface area contributed by atoms with Gasteiger partial charge >= 0.3 is 0 Å². The number of methoxy groups -OCH3 is 1. The van der Waals surface area contributed by atoms with Crippen LogP contribution in [0.2, 0.25) is 5.02 Å². The molecule has 0 bridgehead atoms. The molecule has 1 aromatic carbocycles. The maximum atomic E-state index is 12.6. The van der Waals surface area contributed by atoms with Crippen molar-refractivity contribution in [3.05, 3.63) is 22.7 Å². The summed E-state index contributed by atoms with van der Waals surface area (Å²) in [6.07, 6.45) is 1.83. The summed E-state index contributed by atoms with van der Waals surface area (Å²) in [7, 11) is 2.61. The molecule has 116 valence electrons. The average Bonchev–Trinajstić information content (AvgIpc) is 2.82. The molecule has 1 aliphatic rings. The first-order chi connectivity index (χ1) is 9.75. The molecule has 1 amide bonds. The van der Waals surface area contributed by atoms with Crippen LogP contribution < -0.4 is 4.74 Å². The Morgan fingerprint density at radius 3 is 2.57 bits per heavy atom. The first kappa shape index (κ1) is 16.4. The van der Waals surface area contributed by atoms with Gasteiger partial charge in [0.05, 0.1) is 12.7 Å². The molecule has 0 saturated carbocycles. The van der Waals surface area contributed by atoms with Crippen LogP contribution in [0.5, 0.6) is 5.75 Å². The number of ether oxygens (including phenoxy) is 1. The fourth-order valence-electron chi connectivity index (χ4n) is 2.51. The Morgan fingerprint density at radius 2 is 2.10 bits per heavy atom. The molecule has 0 spiro atoms. The minimum absolute atomic E-state index is 0.0708. The molecule has 1 atom stereocenters. The fourth-order valence-corrected chi connectivity index (χ4v) is 3.82. The smallest absolute Gasteiger partial charge is 0.265 e. The number of rotatable bonds is 3. The highest BCUT2D eigenvalue weighted by Crippen LogP contribution is 2.35. The summed E-state index contributed by atoms with van der Waals surface area (Å²) in [4.78, 5) is 14.0. The van der Waals surface area contributed by atoms with Crippen molar-refractivity contribution < 1.29 is 17.9 Å². The lowest BCUT2D eigenvalue weighted by Crippen LogP contribution is -2.34. The largest absolute Gasteiger partial charge is 0.494 e. The molecule has 1 unspecified atom stereocenters. The van der Waals surface area contributed by atoms with Crippen LogP contribution in [0.4, 0.5) is 0 Å². The summed E-state index contributed by atoms with van der Waals surface area (Å²) < 4.78 is 28.4. The zero-order valence-electron chi connectivity index (χ0n) is 11.6. The monoisotopic (exact) mass is 351 g/mol. The third-order valence-electron chi connectivity index (χ3n) is 3.53. The zero-order chi connectivity index (χ0) is 15.8. The highest BCUT2D eigenvalue weighted by Gasteiger charge is 2.31. The minimum Gasteiger partial charge on any atom is -0.494 e. The first-order valence-electron chi connectivity index (χ1n) is 6.39. The minimum atomic E-state index is -4.07. The van der Waals surface area contributed by atoms with Gasteiger partial charge in [-0.3, -0.25) is 4.79 Å². The Bertz CT molecular complexity index is 675. The summed E-state index contributed by atoms with van der Waals surface area (Å²) >= 11 is 5.92. The first-order valence-corrected chi connectivity index (χ1v) is 9.07. The second-order valence-corrected chi connectivity index (χ2v) is 7.88. The van der Waals surface area contributed by atoms with E-state index in [0.29, 0.717) is 6.54 Å². The predicted molar refractivity (Wildman–Crippen MR) is 80.8 cm³/mol. The normalized spacial score (nSPS) is 18.9. The lowest BCUT2D eigenvalue weighted by Gasteiger charge is -2.23. The number of benzene rings is 1. The van der Waals surface area contributed by atoms with Gasteiger partial charge in [0.15, 0.2) is 5.75 Å². The Hall–Kier alpha value is -0.980. The van der Waals surface area contributed by atoms with E-state index in [0.717, 1.165) is 12.8 Å². The van der Waals surface area contributed by atoms with Crippen LogP contribution in [0.1, 0.15) is 30.1 Å². The fraction of sp³-hybridized carbons (Fsp3) is 0.462. The van der Waals surface area contributed by atoms with Gasteiger partial charge < -0.3 is 9.64 Å². The standard InChI is InChI=1S/C13H15Cl2NO4S/c1-8-4-3-5-16(8)13(17)10-6-9(14)7-11(12(10)20-2)21(15,18)19/h6-8H,3-5H2,1-2H3. The molecule has 5 nitrogen and oxygen atoms in total. The SMILES string of the molecule is COc1c(C(=O)N2CCCC2C)cc(Cl)cc1S(=O)(=O)Cl. The maximum absolute atomic E-state index is 12.6. The number of carbonyl (C=O) groups excluding carboxylic acids is 1. The quantitative estimate of drug-likeness (QED) is 0.785. The van der Waals surface area contributed by atoms with E-state index in [9.17, 15) is 13.2 Å². The van der Waals surface area contributed by atoms with E-state index in [-0.39, 0.29) is 33.2 Å². The van der Waals surface area contributed by atoms with Crippen LogP contribution in [0, 0.1) is 0 Å². The van der Waals surface area contributed by atoms with E-state index in [2.05, 4.69) is 0 Å². The Morgan fingerprint density at radius 1 is 1.43 bits per heavy atom. The lowest BCUT2D eigenvalue weighted by molar-refractivity contribution is 0.0743. The number of carbonyl (C=O) groups is 1. The van der Waals surface area contributed by atoms with Crippen LogP contribution in [0.3, 0.4) is 0 Å². The van der Waals surface area contributed by atoms with Crippen molar-refractivity contribution in [3.63, 3.8) is 0 Å². The number of halogens is 2. The van der Waals surface area contributed by atoms with Gasteiger partial charge in [-0.15, -0.1) is 0 Å². The third kappa shape index (κ3) is 3.27. The average molecular weight is 352 g/mol. The molecule has 1 heterocycles. The van der Waals surface area contributed by atoms with Crippen LogP contribution in [0.15, 0.2) is 17.0 Å². The zero-order valence-corrected chi connectivity index (χ0v) is 13.9. The Labute approximate surface area is 133 Å². The summed E-state index contributed by atoms with van der Waals surface area (Å²) in [6, 6.07) is 2.67. The highest BCUT2D eigenvalue weighted by atomic mass is 35.7. The molecule has 0 radical (unpaired) electrons. The third-order valence-corrected chi connectivity index (χ3v) is 5.08. The van der Waals surface area contributed by atoms with Crippen LogP contribution in [-0.4, -0.2) is 38.9 Å². The van der Waals surface area contributed by atoms with Crippen molar-refractivity contribution in [2.24, 2.45) is 0 Å². The number of nitrogens with zero attached hydrogens (tertiary/aromatic N) is 1. The lowest BCUT2D eigenvalue weighted by atomic mass is 10.1. The van der Waals surface area contributed by atoms with Gasteiger partial charge in [0.2, 0.25) is 0 Å². The molecule has 0 aliphatic carbocycles. The van der Waals surface area contributed by atoms with Crippen molar-refractivity contribution >= 4 is 37.2 Å². The van der Waals surface area contributed by atoms with Gasteiger partial charge in [-0.1, -0.05) is 11.6 Å². The Kier molecular flexibility index (Phi) is 4.70. The molecule has 0 aromatic heterocycles. The van der Waals surface area contributed by atoms with Crippen molar-refractivity contribution in [2.75, 3.05) is 13.7 Å². The van der Waals surface area contributed by atoms with Gasteiger partial charge in [-0.25, -0.2) is 8.42 Å². The van der Waals surface area contributed by atoms with E-state index >= 15 is 0 Å². The van der Waals surface area contributed by atoms with Crippen molar-refractivity contribution in [1.82, 2.24) is 4.90 Å². The van der Waals surface area contributed by atoms with E-state index in [4.69, 9.17) is 27.0 Å². The molecule has 1 fully saturated rings. The highest BCUT2D eigenvalue weighted by molar-refractivity contribution is 8.13. The summed E-state index contributed by atoms with van der Waals surface area (Å²) in [5, 5.41) is 0.116. The number of hydrogen-bond donors (Lipinski definition) is 0. The predicted octanol–water partition coefficient (Wildman–Crippen LogP) is 2.90. The number of amides is 1. The van der Waals surface area contributed by atoms with Gasteiger partial charge in [0.1, 0.15) is 4.90 Å². The topological polar surface area (TPSA) is 63.7 Å². The van der Waals surface area contributed by atoms with Gasteiger partial charge in [-0.05, 0) is 31.9 Å². The summed E-state index contributed by atoms with van der Waals surface area (Å²) in [5.41, 5.74) is 0.109. The van der Waals surface area contributed by atoms with E-state index < -0.39 is 9.05 Å². The van der Waals surface area contributed by atoms with E-state index in [1.807, 2.05) is 6.92 Å². The van der Waals surface area contributed by atoms with Gasteiger partial charge in [-0.2, -0.15) is 0 Å². The number of hydrogen-bond acceptors (Lipinski definition) is 4. The Balaban J connectivity index is 2.58. The van der Waals surface area contributed by atoms with E-state index in [1.165, 1.54) is 19.2 Å².